The van der Waals surface area contributed by atoms with E-state index in [4.69, 9.17) is 4.42 Å². The van der Waals surface area contributed by atoms with Gasteiger partial charge >= 0.3 is 6.03 Å². The van der Waals surface area contributed by atoms with Crippen LogP contribution in [0.5, 0.6) is 0 Å². The molecule has 2 amide bonds. The maximum atomic E-state index is 11.8. The monoisotopic (exact) mass is 312 g/mol. The van der Waals surface area contributed by atoms with Crippen LogP contribution in [0, 0.1) is 12.3 Å². The summed E-state index contributed by atoms with van der Waals surface area (Å²) in [4.78, 5) is 11.8. The van der Waals surface area contributed by atoms with Crippen molar-refractivity contribution in [3.63, 3.8) is 0 Å². The predicted molar refractivity (Wildman–Crippen MR) is 84.5 cm³/mol. The molecule has 1 aromatic heterocycles. The van der Waals surface area contributed by atoms with Crippen molar-refractivity contribution in [3.8, 4) is 0 Å². The Morgan fingerprint density at radius 1 is 1.27 bits per heavy atom. The van der Waals surface area contributed by atoms with E-state index in [0.29, 0.717) is 24.5 Å². The first-order valence-corrected chi connectivity index (χ1v) is 7.51. The van der Waals surface area contributed by atoms with Gasteiger partial charge in [0.25, 0.3) is 0 Å². The average Bonchev–Trinajstić information content (AvgIpc) is 2.80. The molecule has 2 unspecified atom stereocenters. The Kier molecular flexibility index (Phi) is 6.02. The zero-order chi connectivity index (χ0) is 17.0. The standard InChI is InChI=1S/C16H28N2O4/c1-11(19)8-15(3,4)9-17-14(20)18-10-16(5,21)13-7-6-12(2)22-13/h6-7,11,19,21H,8-10H2,1-5H3,(H2,17,18,20). The maximum Gasteiger partial charge on any atom is 0.314 e. The topological polar surface area (TPSA) is 94.7 Å². The van der Waals surface area contributed by atoms with Gasteiger partial charge in [0, 0.05) is 6.54 Å². The number of aliphatic hydroxyl groups excluding tert-OH is 1. The number of amides is 2. The van der Waals surface area contributed by atoms with Gasteiger partial charge in [0.05, 0.1) is 12.6 Å². The lowest BCUT2D eigenvalue weighted by Crippen LogP contribution is -2.46. The molecule has 1 aromatic rings. The summed E-state index contributed by atoms with van der Waals surface area (Å²) in [6, 6.07) is 3.10. The van der Waals surface area contributed by atoms with Crippen molar-refractivity contribution in [2.75, 3.05) is 13.1 Å². The van der Waals surface area contributed by atoms with Crippen LogP contribution in [0.25, 0.3) is 0 Å². The van der Waals surface area contributed by atoms with Gasteiger partial charge in [-0.15, -0.1) is 0 Å². The van der Waals surface area contributed by atoms with Gasteiger partial charge in [-0.3, -0.25) is 0 Å². The average molecular weight is 312 g/mol. The Hall–Kier alpha value is -1.53. The number of aryl methyl sites for hydroxylation is 1. The molecule has 0 aromatic carbocycles. The fraction of sp³-hybridized carbons (Fsp3) is 0.688. The normalized spacial score (nSPS) is 16.0. The van der Waals surface area contributed by atoms with Gasteiger partial charge in [-0.2, -0.15) is 0 Å². The minimum atomic E-state index is -1.26. The molecule has 1 rings (SSSR count). The summed E-state index contributed by atoms with van der Waals surface area (Å²) < 4.78 is 5.39. The number of urea groups is 1. The Morgan fingerprint density at radius 2 is 1.86 bits per heavy atom. The quantitative estimate of drug-likeness (QED) is 0.618. The van der Waals surface area contributed by atoms with Crippen molar-refractivity contribution in [2.24, 2.45) is 5.41 Å². The van der Waals surface area contributed by atoms with Crippen molar-refractivity contribution in [2.45, 2.75) is 52.7 Å². The smallest absolute Gasteiger partial charge is 0.314 e. The van der Waals surface area contributed by atoms with Crippen molar-refractivity contribution in [1.29, 1.82) is 0 Å². The largest absolute Gasteiger partial charge is 0.463 e. The lowest BCUT2D eigenvalue weighted by atomic mass is 9.87. The molecular formula is C16H28N2O4. The molecule has 126 valence electrons. The van der Waals surface area contributed by atoms with E-state index >= 15 is 0 Å². The second kappa shape index (κ2) is 7.15. The van der Waals surface area contributed by atoms with E-state index in [0.717, 1.165) is 0 Å². The van der Waals surface area contributed by atoms with E-state index in [-0.39, 0.29) is 18.0 Å². The number of aliphatic hydroxyl groups is 2. The van der Waals surface area contributed by atoms with Gasteiger partial charge in [0.1, 0.15) is 17.1 Å². The van der Waals surface area contributed by atoms with Crippen LogP contribution in [-0.2, 0) is 5.60 Å². The number of carbonyl (C=O) groups excluding carboxylic acids is 1. The molecule has 22 heavy (non-hydrogen) atoms. The first-order valence-electron chi connectivity index (χ1n) is 7.51. The van der Waals surface area contributed by atoms with Crippen LogP contribution < -0.4 is 10.6 Å². The highest BCUT2D eigenvalue weighted by Crippen LogP contribution is 2.22. The first kappa shape index (κ1) is 18.5. The summed E-state index contributed by atoms with van der Waals surface area (Å²) in [5.74, 6) is 1.12. The third kappa shape index (κ3) is 6.07. The molecule has 0 aliphatic carbocycles. The molecule has 6 heteroatoms. The minimum absolute atomic E-state index is 0.0443. The molecule has 2 atom stereocenters. The van der Waals surface area contributed by atoms with E-state index < -0.39 is 11.7 Å². The summed E-state index contributed by atoms with van der Waals surface area (Å²) in [6.45, 7) is 9.54. The molecule has 0 saturated carbocycles. The van der Waals surface area contributed by atoms with Crippen molar-refractivity contribution in [1.82, 2.24) is 10.6 Å². The minimum Gasteiger partial charge on any atom is -0.463 e. The van der Waals surface area contributed by atoms with Crippen LogP contribution in [0.2, 0.25) is 0 Å². The molecule has 0 bridgehead atoms. The summed E-state index contributed by atoms with van der Waals surface area (Å²) in [6.07, 6.45) is 0.180. The highest BCUT2D eigenvalue weighted by molar-refractivity contribution is 5.73. The van der Waals surface area contributed by atoms with E-state index in [1.165, 1.54) is 0 Å². The molecule has 0 radical (unpaired) electrons. The van der Waals surface area contributed by atoms with E-state index in [2.05, 4.69) is 10.6 Å². The highest BCUT2D eigenvalue weighted by atomic mass is 16.4. The molecule has 0 saturated heterocycles. The van der Waals surface area contributed by atoms with Gasteiger partial charge < -0.3 is 25.3 Å². The molecular weight excluding hydrogens is 284 g/mol. The Labute approximate surface area is 131 Å². The van der Waals surface area contributed by atoms with Gasteiger partial charge in [0.2, 0.25) is 0 Å². The van der Waals surface area contributed by atoms with Gasteiger partial charge in [-0.1, -0.05) is 13.8 Å². The fourth-order valence-electron chi connectivity index (χ4n) is 2.32. The number of nitrogens with one attached hydrogen (secondary N) is 2. The van der Waals surface area contributed by atoms with E-state index in [9.17, 15) is 15.0 Å². The zero-order valence-corrected chi connectivity index (χ0v) is 14.1. The SMILES string of the molecule is Cc1ccc(C(C)(O)CNC(=O)NCC(C)(C)CC(C)O)o1. The Morgan fingerprint density at radius 3 is 2.36 bits per heavy atom. The molecule has 1 heterocycles. The van der Waals surface area contributed by atoms with Gasteiger partial charge in [0.15, 0.2) is 0 Å². The van der Waals surface area contributed by atoms with Crippen LogP contribution >= 0.6 is 0 Å². The van der Waals surface area contributed by atoms with Crippen molar-refractivity contribution in [3.05, 3.63) is 23.7 Å². The van der Waals surface area contributed by atoms with Crippen LogP contribution in [0.3, 0.4) is 0 Å². The number of carbonyl (C=O) groups is 1. The second-order valence-electron chi connectivity index (χ2n) is 6.94. The highest BCUT2D eigenvalue weighted by Gasteiger charge is 2.28. The Balaban J connectivity index is 2.43. The zero-order valence-electron chi connectivity index (χ0n) is 14.1. The predicted octanol–water partition coefficient (Wildman–Crippen LogP) is 1.89. The lowest BCUT2D eigenvalue weighted by Gasteiger charge is -2.27. The van der Waals surface area contributed by atoms with Crippen molar-refractivity contribution < 1.29 is 19.4 Å². The Bertz CT molecular complexity index is 492. The lowest BCUT2D eigenvalue weighted by molar-refractivity contribution is 0.0358. The number of rotatable bonds is 7. The van der Waals surface area contributed by atoms with Crippen LogP contribution in [0.4, 0.5) is 4.79 Å². The number of hydrogen-bond acceptors (Lipinski definition) is 4. The summed E-state index contributed by atoms with van der Waals surface area (Å²) in [7, 11) is 0. The summed E-state index contributed by atoms with van der Waals surface area (Å²) in [5.41, 5.74) is -1.47. The van der Waals surface area contributed by atoms with E-state index in [1.54, 1.807) is 32.9 Å². The second-order valence-corrected chi connectivity index (χ2v) is 6.94. The first-order chi connectivity index (χ1) is 10.0. The van der Waals surface area contributed by atoms with Crippen LogP contribution in [-0.4, -0.2) is 35.4 Å². The molecule has 6 nitrogen and oxygen atoms in total. The number of furan rings is 1. The molecule has 4 N–H and O–H groups in total. The third-order valence-electron chi connectivity index (χ3n) is 3.44. The summed E-state index contributed by atoms with van der Waals surface area (Å²) >= 11 is 0. The molecule has 0 spiro atoms. The molecule has 0 aliphatic rings. The van der Waals surface area contributed by atoms with E-state index in [1.807, 2.05) is 13.8 Å². The fourth-order valence-corrected chi connectivity index (χ4v) is 2.32. The molecule has 0 fully saturated rings. The van der Waals surface area contributed by atoms with Gasteiger partial charge in [-0.05, 0) is 44.7 Å². The van der Waals surface area contributed by atoms with Crippen LogP contribution in [0.1, 0.15) is 45.6 Å². The maximum absolute atomic E-state index is 11.8. The van der Waals surface area contributed by atoms with Gasteiger partial charge in [-0.25, -0.2) is 4.79 Å². The number of hydrogen-bond donors (Lipinski definition) is 4. The van der Waals surface area contributed by atoms with Crippen LogP contribution in [0.15, 0.2) is 16.5 Å². The summed E-state index contributed by atoms with van der Waals surface area (Å²) in [5, 5.41) is 25.1. The third-order valence-corrected chi connectivity index (χ3v) is 3.44. The molecule has 0 aliphatic heterocycles. The van der Waals surface area contributed by atoms with Crippen molar-refractivity contribution >= 4 is 6.03 Å².